The van der Waals surface area contributed by atoms with E-state index in [4.69, 9.17) is 0 Å². The Morgan fingerprint density at radius 1 is 1.22 bits per heavy atom. The molecule has 0 spiro atoms. The van der Waals surface area contributed by atoms with Gasteiger partial charge in [0.05, 0.1) is 6.61 Å². The molecule has 0 fully saturated rings. The number of rotatable bonds is 6. The summed E-state index contributed by atoms with van der Waals surface area (Å²) >= 11 is 1.02. The first-order chi connectivity index (χ1) is 12.9. The van der Waals surface area contributed by atoms with Gasteiger partial charge >= 0.3 is 11.1 Å². The lowest BCUT2D eigenvalue weighted by molar-refractivity contribution is 0.281. The van der Waals surface area contributed by atoms with Gasteiger partial charge in [0.25, 0.3) is 0 Å². The number of benzene rings is 1. The highest BCUT2D eigenvalue weighted by Gasteiger charge is 2.14. The van der Waals surface area contributed by atoms with Crippen molar-refractivity contribution in [2.75, 3.05) is 11.9 Å². The van der Waals surface area contributed by atoms with Gasteiger partial charge in [0.2, 0.25) is 0 Å². The van der Waals surface area contributed by atoms with Crippen molar-refractivity contribution in [1.82, 2.24) is 19.9 Å². The summed E-state index contributed by atoms with van der Waals surface area (Å²) in [6.07, 6.45) is 0. The number of aliphatic hydroxyl groups is 1. The fraction of sp³-hybridized carbons (Fsp3) is 0.250. The standard InChI is InChI=1S/C16H15F2N5O3S/c1-7(5-24)19-12-11-13(21-15(26)14(25)20-11)23-16(22-12)27-6-8-3-2-4-9(17)10(8)18/h2-4,7,24H,5-6H2,1H3,(H,20,25)(H2,19,21,22,23,26). The topological polar surface area (TPSA) is 124 Å². The number of nitrogens with one attached hydrogen (secondary N) is 3. The lowest BCUT2D eigenvalue weighted by Crippen LogP contribution is -2.30. The van der Waals surface area contributed by atoms with Gasteiger partial charge in [-0.2, -0.15) is 0 Å². The molecule has 0 aliphatic carbocycles. The van der Waals surface area contributed by atoms with Crippen LogP contribution < -0.4 is 16.4 Å². The summed E-state index contributed by atoms with van der Waals surface area (Å²) in [5.74, 6) is -1.65. The zero-order valence-electron chi connectivity index (χ0n) is 14.0. The zero-order chi connectivity index (χ0) is 19.6. The molecular weight excluding hydrogens is 380 g/mol. The minimum Gasteiger partial charge on any atom is -0.394 e. The Bertz CT molecular complexity index is 1100. The van der Waals surface area contributed by atoms with Crippen molar-refractivity contribution in [3.63, 3.8) is 0 Å². The van der Waals surface area contributed by atoms with E-state index in [1.807, 2.05) is 0 Å². The molecule has 4 N–H and O–H groups in total. The Hall–Kier alpha value is -2.79. The number of aliphatic hydroxyl groups excluding tert-OH is 1. The van der Waals surface area contributed by atoms with E-state index in [2.05, 4.69) is 25.3 Å². The Morgan fingerprint density at radius 2 is 1.96 bits per heavy atom. The number of thioether (sulfide) groups is 1. The van der Waals surface area contributed by atoms with Crippen LogP contribution in [0.5, 0.6) is 0 Å². The summed E-state index contributed by atoms with van der Waals surface area (Å²) < 4.78 is 27.1. The molecule has 0 aliphatic rings. The number of anilines is 1. The van der Waals surface area contributed by atoms with Crippen LogP contribution in [0.4, 0.5) is 14.6 Å². The third kappa shape index (κ3) is 4.14. The van der Waals surface area contributed by atoms with Crippen LogP contribution in [0.15, 0.2) is 32.9 Å². The molecule has 1 atom stereocenters. The maximum atomic E-state index is 13.8. The summed E-state index contributed by atoms with van der Waals surface area (Å²) in [5.41, 5.74) is -1.37. The second-order valence-electron chi connectivity index (χ2n) is 5.72. The fourth-order valence-electron chi connectivity index (χ4n) is 2.23. The summed E-state index contributed by atoms with van der Waals surface area (Å²) in [5, 5.41) is 12.3. The molecular formula is C16H15F2N5O3S. The van der Waals surface area contributed by atoms with E-state index >= 15 is 0 Å². The third-order valence-electron chi connectivity index (χ3n) is 3.61. The van der Waals surface area contributed by atoms with Crippen LogP contribution >= 0.6 is 11.8 Å². The molecule has 2 heterocycles. The van der Waals surface area contributed by atoms with Crippen molar-refractivity contribution in [1.29, 1.82) is 0 Å². The van der Waals surface area contributed by atoms with Crippen molar-refractivity contribution < 1.29 is 13.9 Å². The quantitative estimate of drug-likeness (QED) is 0.282. The summed E-state index contributed by atoms with van der Waals surface area (Å²) in [4.78, 5) is 36.3. The maximum absolute atomic E-state index is 13.8. The van der Waals surface area contributed by atoms with Gasteiger partial charge in [0.1, 0.15) is 5.52 Å². The molecule has 1 unspecified atom stereocenters. The van der Waals surface area contributed by atoms with E-state index in [1.165, 1.54) is 12.1 Å². The molecule has 3 rings (SSSR count). The van der Waals surface area contributed by atoms with Gasteiger partial charge in [-0.1, -0.05) is 23.9 Å². The highest BCUT2D eigenvalue weighted by Crippen LogP contribution is 2.25. The van der Waals surface area contributed by atoms with E-state index in [9.17, 15) is 23.5 Å². The molecule has 0 saturated carbocycles. The Morgan fingerprint density at radius 3 is 2.70 bits per heavy atom. The first-order valence-corrected chi connectivity index (χ1v) is 8.85. The number of aromatic amines is 2. The SMILES string of the molecule is CC(CO)Nc1nc(SCc2cccc(F)c2F)nc2[nH]c(=O)c(=O)[nH]c12. The van der Waals surface area contributed by atoms with Crippen LogP contribution in [0.25, 0.3) is 11.2 Å². The number of aromatic nitrogens is 4. The van der Waals surface area contributed by atoms with E-state index in [0.717, 1.165) is 17.8 Å². The van der Waals surface area contributed by atoms with Crippen molar-refractivity contribution in [3.05, 3.63) is 56.1 Å². The smallest absolute Gasteiger partial charge is 0.315 e. The van der Waals surface area contributed by atoms with E-state index in [-0.39, 0.29) is 40.1 Å². The van der Waals surface area contributed by atoms with Crippen molar-refractivity contribution >= 4 is 28.7 Å². The monoisotopic (exact) mass is 395 g/mol. The average Bonchev–Trinajstić information content (AvgIpc) is 2.64. The lowest BCUT2D eigenvalue weighted by atomic mass is 10.2. The summed E-state index contributed by atoms with van der Waals surface area (Å²) in [6, 6.07) is 3.47. The number of hydrogen-bond acceptors (Lipinski definition) is 7. The molecule has 27 heavy (non-hydrogen) atoms. The number of fused-ring (bicyclic) bond motifs is 1. The number of halogens is 2. The van der Waals surface area contributed by atoms with Crippen molar-refractivity contribution in [3.8, 4) is 0 Å². The highest BCUT2D eigenvalue weighted by molar-refractivity contribution is 7.98. The van der Waals surface area contributed by atoms with E-state index < -0.39 is 28.8 Å². The molecule has 2 aromatic heterocycles. The zero-order valence-corrected chi connectivity index (χ0v) is 14.9. The molecule has 0 saturated heterocycles. The molecule has 3 aromatic rings. The minimum atomic E-state index is -0.950. The number of H-pyrrole nitrogens is 2. The van der Waals surface area contributed by atoms with E-state index in [1.54, 1.807) is 6.92 Å². The van der Waals surface area contributed by atoms with Crippen LogP contribution in [0.2, 0.25) is 0 Å². The predicted molar refractivity (Wildman–Crippen MR) is 96.9 cm³/mol. The molecule has 0 bridgehead atoms. The average molecular weight is 395 g/mol. The van der Waals surface area contributed by atoms with Gasteiger partial charge in [0, 0.05) is 17.4 Å². The van der Waals surface area contributed by atoms with Gasteiger partial charge in [-0.05, 0) is 13.0 Å². The fourth-order valence-corrected chi connectivity index (χ4v) is 3.05. The molecule has 142 valence electrons. The van der Waals surface area contributed by atoms with Crippen molar-refractivity contribution in [2.24, 2.45) is 0 Å². The minimum absolute atomic E-state index is 0.0533. The van der Waals surface area contributed by atoms with Crippen molar-refractivity contribution in [2.45, 2.75) is 23.9 Å². The molecule has 1 aromatic carbocycles. The molecule has 11 heteroatoms. The second-order valence-corrected chi connectivity index (χ2v) is 6.66. The second kappa shape index (κ2) is 7.84. The predicted octanol–water partition coefficient (Wildman–Crippen LogP) is 1.37. The van der Waals surface area contributed by atoms with Gasteiger partial charge in [0.15, 0.2) is 28.3 Å². The van der Waals surface area contributed by atoms with Gasteiger partial charge in [-0.3, -0.25) is 9.59 Å². The largest absolute Gasteiger partial charge is 0.394 e. The van der Waals surface area contributed by atoms with Crippen LogP contribution in [0.1, 0.15) is 12.5 Å². The van der Waals surface area contributed by atoms with Gasteiger partial charge < -0.3 is 20.4 Å². The number of hydrogen-bond donors (Lipinski definition) is 4. The first-order valence-electron chi connectivity index (χ1n) is 7.86. The molecule has 0 aliphatic heterocycles. The molecule has 0 radical (unpaired) electrons. The number of nitrogens with zero attached hydrogens (tertiary/aromatic N) is 2. The van der Waals surface area contributed by atoms with Gasteiger partial charge in [-0.15, -0.1) is 0 Å². The molecule has 8 nitrogen and oxygen atoms in total. The summed E-state index contributed by atoms with van der Waals surface area (Å²) in [7, 11) is 0. The Balaban J connectivity index is 1.99. The maximum Gasteiger partial charge on any atom is 0.315 e. The summed E-state index contributed by atoms with van der Waals surface area (Å²) in [6.45, 7) is 1.49. The Labute approximate surface area is 155 Å². The highest BCUT2D eigenvalue weighted by atomic mass is 32.2. The van der Waals surface area contributed by atoms with Crippen LogP contribution in [-0.4, -0.2) is 37.7 Å². The van der Waals surface area contributed by atoms with Crippen LogP contribution in [-0.2, 0) is 5.75 Å². The molecule has 0 amide bonds. The lowest BCUT2D eigenvalue weighted by Gasteiger charge is -2.14. The van der Waals surface area contributed by atoms with Crippen LogP contribution in [0, 0.1) is 11.6 Å². The third-order valence-corrected chi connectivity index (χ3v) is 4.51. The van der Waals surface area contributed by atoms with Gasteiger partial charge in [-0.25, -0.2) is 18.7 Å². The Kier molecular flexibility index (Phi) is 5.51. The first kappa shape index (κ1) is 19.0. The van der Waals surface area contributed by atoms with Crippen LogP contribution in [0.3, 0.4) is 0 Å². The normalized spacial score (nSPS) is 12.3. The van der Waals surface area contributed by atoms with E-state index in [0.29, 0.717) is 0 Å².